The molecule has 6 heteroatoms. The van der Waals surface area contributed by atoms with E-state index in [2.05, 4.69) is 22.0 Å². The number of fused-ring (bicyclic) bond motifs is 1. The molecule has 0 saturated carbocycles. The summed E-state index contributed by atoms with van der Waals surface area (Å²) < 4.78 is 5.46. The monoisotopic (exact) mass is 342 g/mol. The zero-order valence-corrected chi connectivity index (χ0v) is 14.8. The van der Waals surface area contributed by atoms with E-state index < -0.39 is 0 Å². The second-order valence-electron chi connectivity index (χ2n) is 7.14. The van der Waals surface area contributed by atoms with Crippen molar-refractivity contribution in [2.24, 2.45) is 5.92 Å². The molecule has 0 spiro atoms. The molecule has 134 valence electrons. The number of likely N-dealkylation sites (tertiary alicyclic amines) is 1. The molecule has 0 radical (unpaired) electrons. The Morgan fingerprint density at radius 3 is 3.16 bits per heavy atom. The Balaban J connectivity index is 1.40. The molecular weight excluding hydrogens is 316 g/mol. The Morgan fingerprint density at radius 2 is 2.36 bits per heavy atom. The maximum Gasteiger partial charge on any atom is 0.227 e. The van der Waals surface area contributed by atoms with Gasteiger partial charge in [-0.3, -0.25) is 14.8 Å². The number of nitrogens with zero attached hydrogens (tertiary/aromatic N) is 3. The van der Waals surface area contributed by atoms with Crippen molar-refractivity contribution in [1.29, 1.82) is 0 Å². The minimum absolute atomic E-state index is 0.0993. The Kier molecular flexibility index (Phi) is 4.61. The van der Waals surface area contributed by atoms with Crippen molar-refractivity contribution < 1.29 is 9.21 Å². The molecule has 4 rings (SSSR count). The smallest absolute Gasteiger partial charge is 0.227 e. The van der Waals surface area contributed by atoms with Gasteiger partial charge in [0.15, 0.2) is 0 Å². The predicted octanol–water partition coefficient (Wildman–Crippen LogP) is 2.36. The number of aromatic amines is 1. The molecule has 6 nitrogen and oxygen atoms in total. The van der Waals surface area contributed by atoms with Crippen molar-refractivity contribution in [1.82, 2.24) is 20.0 Å². The largest absolute Gasteiger partial charge is 0.468 e. The van der Waals surface area contributed by atoms with Crippen molar-refractivity contribution in [2.45, 2.75) is 45.7 Å². The minimum atomic E-state index is 0.0993. The number of carbonyl (C=O) groups is 1. The first kappa shape index (κ1) is 16.4. The summed E-state index contributed by atoms with van der Waals surface area (Å²) in [5, 5.41) is 7.54. The average molecular weight is 342 g/mol. The van der Waals surface area contributed by atoms with E-state index in [0.717, 1.165) is 63.3 Å². The van der Waals surface area contributed by atoms with Crippen molar-refractivity contribution in [3.05, 3.63) is 41.1 Å². The summed E-state index contributed by atoms with van der Waals surface area (Å²) in [6.45, 7) is 6.28. The Hall–Kier alpha value is -2.08. The standard InChI is InChI=1S/C19H26N4O2/c1-2-17-16-13-23(9-7-18(16)21-20-17)19(24)14-5-3-8-22(11-14)12-15-6-4-10-25-15/h4,6,10,14H,2-3,5,7-9,11-13H2,1H3,(H,20,21)/t14-/m1/s1. The fourth-order valence-corrected chi connectivity index (χ4v) is 4.12. The van der Waals surface area contributed by atoms with Crippen LogP contribution in [0.3, 0.4) is 0 Å². The van der Waals surface area contributed by atoms with Crippen molar-refractivity contribution in [3.63, 3.8) is 0 Å². The number of aryl methyl sites for hydroxylation is 1. The summed E-state index contributed by atoms with van der Waals surface area (Å²) in [5.74, 6) is 1.38. The minimum Gasteiger partial charge on any atom is -0.468 e. The Bertz CT molecular complexity index is 708. The van der Waals surface area contributed by atoms with Crippen LogP contribution >= 0.6 is 0 Å². The molecule has 1 saturated heterocycles. The Morgan fingerprint density at radius 1 is 1.44 bits per heavy atom. The molecule has 2 aliphatic heterocycles. The van der Waals surface area contributed by atoms with Crippen LogP contribution in [-0.4, -0.2) is 45.5 Å². The number of nitrogens with one attached hydrogen (secondary N) is 1. The van der Waals surface area contributed by atoms with Gasteiger partial charge in [-0.15, -0.1) is 0 Å². The van der Waals surface area contributed by atoms with E-state index in [1.165, 1.54) is 11.3 Å². The molecule has 1 amide bonds. The summed E-state index contributed by atoms with van der Waals surface area (Å²) in [6.07, 6.45) is 5.57. The van der Waals surface area contributed by atoms with Crippen LogP contribution in [0.1, 0.15) is 42.5 Å². The van der Waals surface area contributed by atoms with E-state index in [1.807, 2.05) is 17.0 Å². The number of hydrogen-bond donors (Lipinski definition) is 1. The number of hydrogen-bond acceptors (Lipinski definition) is 4. The van der Waals surface area contributed by atoms with Crippen LogP contribution in [0, 0.1) is 5.92 Å². The van der Waals surface area contributed by atoms with Crippen LogP contribution in [0.2, 0.25) is 0 Å². The fourth-order valence-electron chi connectivity index (χ4n) is 4.12. The van der Waals surface area contributed by atoms with Crippen molar-refractivity contribution in [2.75, 3.05) is 19.6 Å². The van der Waals surface area contributed by atoms with Gasteiger partial charge >= 0.3 is 0 Å². The highest BCUT2D eigenvalue weighted by Crippen LogP contribution is 2.25. The third-order valence-corrected chi connectivity index (χ3v) is 5.48. The van der Waals surface area contributed by atoms with Gasteiger partial charge in [0.05, 0.1) is 24.4 Å². The van der Waals surface area contributed by atoms with Gasteiger partial charge in [0.2, 0.25) is 5.91 Å². The molecular formula is C19H26N4O2. The van der Waals surface area contributed by atoms with E-state index in [0.29, 0.717) is 12.5 Å². The summed E-state index contributed by atoms with van der Waals surface area (Å²) in [7, 11) is 0. The maximum atomic E-state index is 13.1. The quantitative estimate of drug-likeness (QED) is 0.926. The van der Waals surface area contributed by atoms with Gasteiger partial charge in [0, 0.05) is 37.3 Å². The van der Waals surface area contributed by atoms with Crippen LogP contribution < -0.4 is 0 Å². The molecule has 4 heterocycles. The molecule has 2 aromatic rings. The number of piperidine rings is 1. The molecule has 1 N–H and O–H groups in total. The lowest BCUT2D eigenvalue weighted by Gasteiger charge is -2.36. The number of H-pyrrole nitrogens is 1. The summed E-state index contributed by atoms with van der Waals surface area (Å²) in [4.78, 5) is 17.5. The van der Waals surface area contributed by atoms with Gasteiger partial charge in [0.1, 0.15) is 5.76 Å². The molecule has 1 atom stereocenters. The average Bonchev–Trinajstić information content (AvgIpc) is 3.30. The number of amides is 1. The lowest BCUT2D eigenvalue weighted by Crippen LogP contribution is -2.46. The summed E-state index contributed by atoms with van der Waals surface area (Å²) >= 11 is 0. The summed E-state index contributed by atoms with van der Waals surface area (Å²) in [5.41, 5.74) is 3.56. The number of aromatic nitrogens is 2. The van der Waals surface area contributed by atoms with Crippen LogP contribution in [0.25, 0.3) is 0 Å². The highest BCUT2D eigenvalue weighted by Gasteiger charge is 2.32. The SMILES string of the molecule is CCc1n[nH]c2c1CN(C(=O)[C@@H]1CCCN(Cc3ccco3)C1)CC2. The highest BCUT2D eigenvalue weighted by atomic mass is 16.3. The normalized spacial score (nSPS) is 21.3. The number of furan rings is 1. The van der Waals surface area contributed by atoms with E-state index >= 15 is 0 Å². The lowest BCUT2D eigenvalue weighted by molar-refractivity contribution is -0.138. The molecule has 25 heavy (non-hydrogen) atoms. The van der Waals surface area contributed by atoms with Gasteiger partial charge in [-0.1, -0.05) is 6.92 Å². The number of carbonyl (C=O) groups excluding carboxylic acids is 1. The topological polar surface area (TPSA) is 65.4 Å². The fraction of sp³-hybridized carbons (Fsp3) is 0.579. The van der Waals surface area contributed by atoms with E-state index in [-0.39, 0.29) is 5.92 Å². The molecule has 0 bridgehead atoms. The zero-order valence-electron chi connectivity index (χ0n) is 14.8. The van der Waals surface area contributed by atoms with Gasteiger partial charge in [-0.2, -0.15) is 5.10 Å². The first-order chi connectivity index (χ1) is 12.2. The molecule has 0 aliphatic carbocycles. The molecule has 0 aromatic carbocycles. The van der Waals surface area contributed by atoms with E-state index in [9.17, 15) is 4.79 Å². The van der Waals surface area contributed by atoms with Crippen LogP contribution in [0.15, 0.2) is 22.8 Å². The first-order valence-electron chi connectivity index (χ1n) is 9.33. The van der Waals surface area contributed by atoms with Crippen LogP contribution in [-0.2, 0) is 30.7 Å². The second-order valence-corrected chi connectivity index (χ2v) is 7.14. The van der Waals surface area contributed by atoms with E-state index in [1.54, 1.807) is 6.26 Å². The van der Waals surface area contributed by atoms with Crippen molar-refractivity contribution in [3.8, 4) is 0 Å². The summed E-state index contributed by atoms with van der Waals surface area (Å²) in [6, 6.07) is 3.92. The molecule has 0 unspecified atom stereocenters. The van der Waals surface area contributed by atoms with Crippen LogP contribution in [0.4, 0.5) is 0 Å². The molecule has 1 fully saturated rings. The Labute approximate surface area is 148 Å². The van der Waals surface area contributed by atoms with Gasteiger partial charge < -0.3 is 9.32 Å². The third-order valence-electron chi connectivity index (χ3n) is 5.48. The molecule has 2 aliphatic rings. The van der Waals surface area contributed by atoms with Gasteiger partial charge in [-0.25, -0.2) is 0 Å². The highest BCUT2D eigenvalue weighted by molar-refractivity contribution is 5.79. The van der Waals surface area contributed by atoms with Gasteiger partial charge in [-0.05, 0) is 37.9 Å². The number of rotatable bonds is 4. The van der Waals surface area contributed by atoms with Gasteiger partial charge in [0.25, 0.3) is 0 Å². The second kappa shape index (κ2) is 7.04. The predicted molar refractivity (Wildman–Crippen MR) is 93.8 cm³/mol. The lowest BCUT2D eigenvalue weighted by atomic mass is 9.94. The first-order valence-corrected chi connectivity index (χ1v) is 9.33. The van der Waals surface area contributed by atoms with E-state index in [4.69, 9.17) is 4.42 Å². The van der Waals surface area contributed by atoms with Crippen molar-refractivity contribution >= 4 is 5.91 Å². The maximum absolute atomic E-state index is 13.1. The zero-order chi connectivity index (χ0) is 17.2. The third kappa shape index (κ3) is 3.35. The molecule has 2 aromatic heterocycles. The van der Waals surface area contributed by atoms with Crippen LogP contribution in [0.5, 0.6) is 0 Å².